The number of benzene rings is 5. The topological polar surface area (TPSA) is 50.9 Å². The lowest BCUT2D eigenvalue weighted by Crippen LogP contribution is -2.16. The van der Waals surface area contributed by atoms with Crippen molar-refractivity contribution < 1.29 is 5.11 Å². The Labute approximate surface area is 347 Å². The molecule has 0 aliphatic carbocycles. The van der Waals surface area contributed by atoms with Crippen LogP contribution in [0.15, 0.2) is 115 Å². The van der Waals surface area contributed by atoms with E-state index in [4.69, 9.17) is 9.97 Å². The summed E-state index contributed by atoms with van der Waals surface area (Å²) >= 11 is 0. The van der Waals surface area contributed by atoms with Crippen LogP contribution in [0.4, 0.5) is 0 Å². The van der Waals surface area contributed by atoms with Crippen LogP contribution in [0.2, 0.25) is 0 Å². The van der Waals surface area contributed by atoms with E-state index >= 15 is 0 Å². The zero-order chi connectivity index (χ0) is 41.9. The van der Waals surface area contributed by atoms with Crippen molar-refractivity contribution in [3.05, 3.63) is 143 Å². The van der Waals surface area contributed by atoms with Crippen molar-refractivity contribution in [3.63, 3.8) is 0 Å². The Bertz CT molecular complexity index is 2560. The number of imidazole rings is 1. The van der Waals surface area contributed by atoms with Crippen molar-refractivity contribution in [2.45, 2.75) is 118 Å². The maximum atomic E-state index is 11.5. The molecule has 4 heteroatoms. The van der Waals surface area contributed by atoms with Crippen LogP contribution in [0.1, 0.15) is 130 Å². The Kier molecular flexibility index (Phi) is 10.6. The molecular weight excluding hydrogens is 707 g/mol. The number of phenols is 1. The van der Waals surface area contributed by atoms with Crippen LogP contribution in [0.25, 0.3) is 61.6 Å². The zero-order valence-electron chi connectivity index (χ0n) is 36.9. The third kappa shape index (κ3) is 7.86. The van der Waals surface area contributed by atoms with E-state index in [1.807, 2.05) is 30.5 Å². The van der Waals surface area contributed by atoms with Gasteiger partial charge in [0.2, 0.25) is 0 Å². The monoisotopic (exact) mass is 767 g/mol. The quantitative estimate of drug-likeness (QED) is 0.176. The molecule has 2 heterocycles. The van der Waals surface area contributed by atoms with Crippen molar-refractivity contribution in [2.24, 2.45) is 0 Å². The number of aromatic nitrogens is 3. The van der Waals surface area contributed by atoms with Crippen LogP contribution in [-0.4, -0.2) is 19.6 Å². The van der Waals surface area contributed by atoms with E-state index in [2.05, 4.69) is 173 Å². The number of hydrogen-bond donors (Lipinski definition) is 1. The lowest BCUT2D eigenvalue weighted by molar-refractivity contribution is 0.477. The van der Waals surface area contributed by atoms with E-state index in [0.717, 1.165) is 50.5 Å². The molecule has 1 N–H and O–H groups in total. The number of hydrogen-bond acceptors (Lipinski definition) is 3. The first kappa shape index (κ1) is 40.7. The Hall–Kier alpha value is -5.48. The lowest BCUT2D eigenvalue weighted by Gasteiger charge is -2.26. The number of para-hydroxylation sites is 2. The maximum absolute atomic E-state index is 11.5. The minimum atomic E-state index is -0.171. The molecule has 0 radical (unpaired) electrons. The Morgan fingerprint density at radius 3 is 1.60 bits per heavy atom. The van der Waals surface area contributed by atoms with Crippen molar-refractivity contribution in [1.82, 2.24) is 14.5 Å². The number of fused-ring (bicyclic) bond motifs is 1. The number of nitrogens with zero attached hydrogens (tertiary/aromatic N) is 3. The molecule has 5 aromatic carbocycles. The molecule has 0 bridgehead atoms. The molecule has 58 heavy (non-hydrogen) atoms. The smallest absolute Gasteiger partial charge is 0.149 e. The minimum absolute atomic E-state index is 0.0298. The molecule has 0 unspecified atom stereocenters. The van der Waals surface area contributed by atoms with Crippen molar-refractivity contribution in [1.29, 1.82) is 0 Å². The summed E-state index contributed by atoms with van der Waals surface area (Å²) in [6.45, 7) is 29.7. The largest absolute Gasteiger partial charge is 0.507 e. The van der Waals surface area contributed by atoms with Gasteiger partial charge in [0.05, 0.1) is 28.0 Å². The summed E-state index contributed by atoms with van der Waals surface area (Å²) in [5, 5.41) is 11.5. The predicted octanol–water partition coefficient (Wildman–Crippen LogP) is 14.9. The molecule has 4 nitrogen and oxygen atoms in total. The van der Waals surface area contributed by atoms with E-state index in [1.165, 1.54) is 33.4 Å². The number of aromatic hydroxyl groups is 1. The Morgan fingerprint density at radius 1 is 0.517 bits per heavy atom. The summed E-state index contributed by atoms with van der Waals surface area (Å²) in [6.07, 6.45) is 1.87. The first-order chi connectivity index (χ1) is 27.2. The van der Waals surface area contributed by atoms with Crippen LogP contribution < -0.4 is 0 Å². The van der Waals surface area contributed by atoms with Gasteiger partial charge in [-0.1, -0.05) is 145 Å². The van der Waals surface area contributed by atoms with Gasteiger partial charge in [0.15, 0.2) is 0 Å². The van der Waals surface area contributed by atoms with Crippen LogP contribution in [0.5, 0.6) is 5.75 Å². The Balaban J connectivity index is 1.65. The van der Waals surface area contributed by atoms with Gasteiger partial charge in [-0.15, -0.1) is 0 Å². The molecule has 0 aliphatic heterocycles. The molecule has 0 atom stereocenters. The Morgan fingerprint density at radius 2 is 1.05 bits per heavy atom. The van der Waals surface area contributed by atoms with E-state index < -0.39 is 0 Å². The third-order valence-electron chi connectivity index (χ3n) is 11.5. The van der Waals surface area contributed by atoms with Gasteiger partial charge in [-0.25, -0.2) is 4.98 Å². The van der Waals surface area contributed by atoms with Crippen molar-refractivity contribution in [2.75, 3.05) is 0 Å². The fourth-order valence-electron chi connectivity index (χ4n) is 7.96. The summed E-state index contributed by atoms with van der Waals surface area (Å²) in [6, 6.07) is 39.2. The van der Waals surface area contributed by atoms with E-state index in [9.17, 15) is 5.11 Å². The summed E-state index contributed by atoms with van der Waals surface area (Å²) in [7, 11) is 0. The van der Waals surface area contributed by atoms with Gasteiger partial charge in [-0.3, -0.25) is 9.55 Å². The molecule has 2 aromatic heterocycles. The highest BCUT2D eigenvalue weighted by Crippen LogP contribution is 2.45. The first-order valence-electron chi connectivity index (χ1n) is 20.9. The molecule has 0 spiro atoms. The van der Waals surface area contributed by atoms with Gasteiger partial charge in [-0.2, -0.15) is 0 Å². The molecule has 0 aliphatic rings. The fraction of sp³-hybridized carbons (Fsp3) is 0.333. The molecule has 7 aromatic rings. The molecule has 7 rings (SSSR count). The zero-order valence-corrected chi connectivity index (χ0v) is 36.9. The van der Waals surface area contributed by atoms with E-state index in [0.29, 0.717) is 5.56 Å². The van der Waals surface area contributed by atoms with Crippen molar-refractivity contribution >= 4 is 11.0 Å². The van der Waals surface area contributed by atoms with Gasteiger partial charge in [0.1, 0.15) is 11.6 Å². The fourth-order valence-corrected chi connectivity index (χ4v) is 7.96. The summed E-state index contributed by atoms with van der Waals surface area (Å²) < 4.78 is 2.35. The second-order valence-corrected chi connectivity index (χ2v) is 19.8. The molecule has 298 valence electrons. The van der Waals surface area contributed by atoms with Gasteiger partial charge >= 0.3 is 0 Å². The number of rotatable bonds is 7. The third-order valence-corrected chi connectivity index (χ3v) is 11.5. The maximum Gasteiger partial charge on any atom is 0.149 e. The van der Waals surface area contributed by atoms with Gasteiger partial charge in [-0.05, 0) is 127 Å². The molecule has 0 saturated heterocycles. The molecule has 0 amide bonds. The van der Waals surface area contributed by atoms with Gasteiger partial charge < -0.3 is 5.11 Å². The van der Waals surface area contributed by atoms with E-state index in [-0.39, 0.29) is 33.8 Å². The van der Waals surface area contributed by atoms with Crippen LogP contribution >= 0.6 is 0 Å². The minimum Gasteiger partial charge on any atom is -0.507 e. The first-order valence-corrected chi connectivity index (χ1v) is 20.9. The highest BCUT2D eigenvalue weighted by Gasteiger charge is 2.28. The SMILES string of the molecule is CC(C)c1cccc(C(C)C)c1-n1c(-c2ccccc2O)nc2c(-c3cc(-c4cc(C(C)(C)C)cc(C(C)(C)C)c4)cc(-c4ccccn4)c3)cc(C(C)(C)C)cc21. The van der Waals surface area contributed by atoms with Crippen molar-refractivity contribution in [3.8, 4) is 56.3 Å². The highest BCUT2D eigenvalue weighted by molar-refractivity contribution is 5.98. The molecule has 0 fully saturated rings. The lowest BCUT2D eigenvalue weighted by atomic mass is 9.78. The number of phenolic OH excluding ortho intramolecular Hbond substituents is 1. The average Bonchev–Trinajstić information content (AvgIpc) is 3.55. The highest BCUT2D eigenvalue weighted by atomic mass is 16.3. The standard InChI is InChI=1S/C54H61N3O/c1-33(2)42-20-18-21-43(34(3)4)50(42)57-47-32-41(54(11,12)13)31-45(49(47)56-51(57)44-19-14-15-23-48(44)58)37-25-35(26-38(27-37)46-22-16-17-24-55-46)36-28-39(52(5,6)7)30-40(29-36)53(8,9)10/h14-34,58H,1-13H3. The second kappa shape index (κ2) is 15.0. The van der Waals surface area contributed by atoms with Gasteiger partial charge in [0, 0.05) is 17.3 Å². The number of pyridine rings is 1. The normalized spacial score (nSPS) is 12.6. The molecule has 0 saturated carbocycles. The summed E-state index contributed by atoms with van der Waals surface area (Å²) in [5.74, 6) is 1.45. The predicted molar refractivity (Wildman–Crippen MR) is 247 cm³/mol. The summed E-state index contributed by atoms with van der Waals surface area (Å²) in [5.41, 5.74) is 16.3. The van der Waals surface area contributed by atoms with E-state index in [1.54, 1.807) is 6.07 Å². The average molecular weight is 768 g/mol. The van der Waals surface area contributed by atoms with Gasteiger partial charge in [0.25, 0.3) is 0 Å². The van der Waals surface area contributed by atoms with Crippen LogP contribution in [-0.2, 0) is 16.2 Å². The summed E-state index contributed by atoms with van der Waals surface area (Å²) in [4.78, 5) is 10.5. The van der Waals surface area contributed by atoms with Crippen LogP contribution in [0, 0.1) is 0 Å². The van der Waals surface area contributed by atoms with Crippen LogP contribution in [0.3, 0.4) is 0 Å². The second-order valence-electron chi connectivity index (χ2n) is 19.8. The molecular formula is C54H61N3O.